The maximum atomic E-state index is 13.5. The molecule has 0 spiro atoms. The maximum absolute atomic E-state index is 13.5. The molecule has 2 N–H and O–H groups in total. The molecule has 1 aliphatic carbocycles. The summed E-state index contributed by atoms with van der Waals surface area (Å²) in [5.41, 5.74) is 0.793. The van der Waals surface area contributed by atoms with Crippen molar-refractivity contribution in [2.75, 3.05) is 13.7 Å². The summed E-state index contributed by atoms with van der Waals surface area (Å²) >= 11 is 0. The summed E-state index contributed by atoms with van der Waals surface area (Å²) in [5.74, 6) is -0.146. The number of nitrogens with one attached hydrogen (secondary N) is 2. The minimum absolute atomic E-state index is 0.0663. The number of benzene rings is 1. The highest BCUT2D eigenvalue weighted by molar-refractivity contribution is 5.95. The molecule has 3 amide bonds. The van der Waals surface area contributed by atoms with E-state index in [0.29, 0.717) is 11.5 Å². The van der Waals surface area contributed by atoms with Crippen LogP contribution in [0.4, 0.5) is 0 Å². The van der Waals surface area contributed by atoms with Crippen molar-refractivity contribution < 1.29 is 28.0 Å². The third kappa shape index (κ3) is 6.11. The number of furan rings is 2. The molecule has 1 saturated carbocycles. The fourth-order valence-electron chi connectivity index (χ4n) is 4.22. The second kappa shape index (κ2) is 11.4. The van der Waals surface area contributed by atoms with Gasteiger partial charge in [-0.25, -0.2) is 0 Å². The van der Waals surface area contributed by atoms with E-state index in [2.05, 4.69) is 10.6 Å². The van der Waals surface area contributed by atoms with Gasteiger partial charge in [-0.1, -0.05) is 25.0 Å². The van der Waals surface area contributed by atoms with Crippen molar-refractivity contribution >= 4 is 17.7 Å². The number of carbonyl (C=O) groups is 3. The second-order valence-electron chi connectivity index (χ2n) is 8.44. The van der Waals surface area contributed by atoms with E-state index in [1.807, 2.05) is 12.1 Å². The maximum Gasteiger partial charge on any atom is 0.287 e. The van der Waals surface area contributed by atoms with Gasteiger partial charge in [0.15, 0.2) is 11.8 Å². The predicted molar refractivity (Wildman–Crippen MR) is 126 cm³/mol. The average molecular weight is 480 g/mol. The van der Waals surface area contributed by atoms with E-state index in [1.165, 1.54) is 23.5 Å². The highest BCUT2D eigenvalue weighted by Crippen LogP contribution is 2.27. The third-order valence-corrected chi connectivity index (χ3v) is 6.05. The second-order valence-corrected chi connectivity index (χ2v) is 8.44. The molecule has 1 aliphatic rings. The summed E-state index contributed by atoms with van der Waals surface area (Å²) in [4.78, 5) is 40.7. The molecule has 0 radical (unpaired) electrons. The predicted octanol–water partition coefficient (Wildman–Crippen LogP) is 3.44. The van der Waals surface area contributed by atoms with Gasteiger partial charge in [-0.05, 0) is 54.8 Å². The normalized spacial score (nSPS) is 14.3. The molecular formula is C26H29N3O6. The van der Waals surface area contributed by atoms with Gasteiger partial charge in [0.1, 0.15) is 11.5 Å². The summed E-state index contributed by atoms with van der Waals surface area (Å²) in [6, 6.07) is 12.8. The number of hydrogen-bond donors (Lipinski definition) is 2. The lowest BCUT2D eigenvalue weighted by Crippen LogP contribution is -2.48. The van der Waals surface area contributed by atoms with Crippen LogP contribution in [0.3, 0.4) is 0 Å². The van der Waals surface area contributed by atoms with Crippen LogP contribution in [0.15, 0.2) is 69.9 Å². The number of amides is 3. The van der Waals surface area contributed by atoms with Crippen molar-refractivity contribution in [1.82, 2.24) is 15.5 Å². The molecule has 3 aromatic rings. The number of carbonyl (C=O) groups excluding carboxylic acids is 3. The van der Waals surface area contributed by atoms with Gasteiger partial charge in [0, 0.05) is 12.6 Å². The number of hydrogen-bond acceptors (Lipinski definition) is 6. The molecule has 0 unspecified atom stereocenters. The van der Waals surface area contributed by atoms with E-state index in [1.54, 1.807) is 37.4 Å². The number of nitrogens with zero attached hydrogens (tertiary/aromatic N) is 1. The lowest BCUT2D eigenvalue weighted by molar-refractivity contribution is -0.141. The minimum Gasteiger partial charge on any atom is -0.497 e. The molecule has 9 heteroatoms. The zero-order valence-corrected chi connectivity index (χ0v) is 19.6. The number of ether oxygens (including phenoxy) is 1. The van der Waals surface area contributed by atoms with Crippen molar-refractivity contribution in [2.24, 2.45) is 0 Å². The first-order chi connectivity index (χ1) is 17.0. The molecule has 184 valence electrons. The average Bonchev–Trinajstić information content (AvgIpc) is 3.66. The van der Waals surface area contributed by atoms with E-state index in [9.17, 15) is 14.4 Å². The van der Waals surface area contributed by atoms with Gasteiger partial charge in [-0.3, -0.25) is 14.4 Å². The molecule has 2 aromatic heterocycles. The van der Waals surface area contributed by atoms with E-state index >= 15 is 0 Å². The zero-order valence-electron chi connectivity index (χ0n) is 19.6. The Balaban J connectivity index is 1.59. The van der Waals surface area contributed by atoms with Crippen LogP contribution in [0, 0.1) is 0 Å². The number of methoxy groups -OCH3 is 1. The van der Waals surface area contributed by atoms with Crippen LogP contribution >= 0.6 is 0 Å². The van der Waals surface area contributed by atoms with E-state index in [0.717, 1.165) is 31.2 Å². The molecule has 1 aromatic carbocycles. The molecule has 0 aliphatic heterocycles. The van der Waals surface area contributed by atoms with Crippen molar-refractivity contribution in [3.8, 4) is 5.75 Å². The quantitative estimate of drug-likeness (QED) is 0.461. The molecule has 0 bridgehead atoms. The SMILES string of the molecule is COc1ccc(CN(C(=O)CNC(=O)c2ccco2)[C@H](C(=O)NC2CCCC2)c2ccco2)cc1. The van der Waals surface area contributed by atoms with Gasteiger partial charge < -0.3 is 29.1 Å². The van der Waals surface area contributed by atoms with Crippen LogP contribution in [0.5, 0.6) is 5.75 Å². The Kier molecular flexibility index (Phi) is 7.87. The summed E-state index contributed by atoms with van der Waals surface area (Å²) in [6.07, 6.45) is 6.78. The lowest BCUT2D eigenvalue weighted by Gasteiger charge is -2.31. The Bertz CT molecular complexity index is 1100. The van der Waals surface area contributed by atoms with Gasteiger partial charge in [0.25, 0.3) is 11.8 Å². The van der Waals surface area contributed by atoms with Crippen LogP contribution in [0.2, 0.25) is 0 Å². The zero-order chi connectivity index (χ0) is 24.6. The smallest absolute Gasteiger partial charge is 0.287 e. The molecule has 2 heterocycles. The van der Waals surface area contributed by atoms with E-state index in [4.69, 9.17) is 13.6 Å². The third-order valence-electron chi connectivity index (χ3n) is 6.05. The van der Waals surface area contributed by atoms with Crippen molar-refractivity contribution in [3.05, 3.63) is 78.1 Å². The Morgan fingerprint density at radius 2 is 1.74 bits per heavy atom. The van der Waals surface area contributed by atoms with Gasteiger partial charge in [0.05, 0.1) is 26.2 Å². The first-order valence-corrected chi connectivity index (χ1v) is 11.6. The van der Waals surface area contributed by atoms with Crippen LogP contribution in [0.1, 0.15) is 53.6 Å². The monoisotopic (exact) mass is 479 g/mol. The Morgan fingerprint density at radius 3 is 2.37 bits per heavy atom. The van der Waals surface area contributed by atoms with Crippen LogP contribution < -0.4 is 15.4 Å². The Labute approximate surface area is 203 Å². The highest BCUT2D eigenvalue weighted by Gasteiger charge is 2.35. The first kappa shape index (κ1) is 24.1. The largest absolute Gasteiger partial charge is 0.497 e. The molecule has 0 saturated heterocycles. The van der Waals surface area contributed by atoms with Crippen LogP contribution in [-0.4, -0.2) is 42.3 Å². The lowest BCUT2D eigenvalue weighted by atomic mass is 10.1. The van der Waals surface area contributed by atoms with Gasteiger partial charge in [-0.2, -0.15) is 0 Å². The van der Waals surface area contributed by atoms with Crippen LogP contribution in [0.25, 0.3) is 0 Å². The highest BCUT2D eigenvalue weighted by atomic mass is 16.5. The summed E-state index contributed by atoms with van der Waals surface area (Å²) in [6.45, 7) is -0.188. The van der Waals surface area contributed by atoms with E-state index in [-0.39, 0.29) is 30.8 Å². The molecular weight excluding hydrogens is 450 g/mol. The number of rotatable bonds is 10. The van der Waals surface area contributed by atoms with Crippen LogP contribution in [-0.2, 0) is 16.1 Å². The van der Waals surface area contributed by atoms with Crippen molar-refractivity contribution in [3.63, 3.8) is 0 Å². The molecule has 4 rings (SSSR count). The summed E-state index contributed by atoms with van der Waals surface area (Å²) in [5, 5.41) is 5.65. The van der Waals surface area contributed by atoms with Gasteiger partial charge >= 0.3 is 0 Å². The molecule has 9 nitrogen and oxygen atoms in total. The molecule has 35 heavy (non-hydrogen) atoms. The Hall–Kier alpha value is -4.01. The summed E-state index contributed by atoms with van der Waals surface area (Å²) < 4.78 is 15.9. The van der Waals surface area contributed by atoms with E-state index < -0.39 is 17.9 Å². The standard InChI is InChI=1S/C26H29N3O6/c1-33-20-12-10-18(11-13-20)17-29(23(30)16-27-25(31)22-9-5-15-35-22)24(21-8-4-14-34-21)26(32)28-19-6-2-3-7-19/h4-5,8-15,19,24H,2-3,6-7,16-17H2,1H3,(H,27,31)(H,28,32)/t24-/m0/s1. The first-order valence-electron chi connectivity index (χ1n) is 11.6. The fraction of sp³-hybridized carbons (Fsp3) is 0.346. The molecule has 1 fully saturated rings. The van der Waals surface area contributed by atoms with Gasteiger partial charge in [0.2, 0.25) is 5.91 Å². The fourth-order valence-corrected chi connectivity index (χ4v) is 4.22. The van der Waals surface area contributed by atoms with Gasteiger partial charge in [-0.15, -0.1) is 0 Å². The van der Waals surface area contributed by atoms with Crippen molar-refractivity contribution in [1.29, 1.82) is 0 Å². The van der Waals surface area contributed by atoms with Crippen molar-refractivity contribution in [2.45, 2.75) is 44.3 Å². The Morgan fingerprint density at radius 1 is 1.03 bits per heavy atom. The summed E-state index contributed by atoms with van der Waals surface area (Å²) in [7, 11) is 1.58. The topological polar surface area (TPSA) is 114 Å². The minimum atomic E-state index is -0.999. The molecule has 1 atom stereocenters.